The van der Waals surface area contributed by atoms with Crippen molar-refractivity contribution < 1.29 is 9.90 Å². The number of likely N-dealkylation sites (tertiary alicyclic amines) is 1. The largest absolute Gasteiger partial charge is 0.391 e. The van der Waals surface area contributed by atoms with Crippen LogP contribution in [0.1, 0.15) is 30.9 Å². The summed E-state index contributed by atoms with van der Waals surface area (Å²) in [6.45, 7) is 1.42. The maximum atomic E-state index is 12.0. The summed E-state index contributed by atoms with van der Waals surface area (Å²) in [6, 6.07) is 0. The lowest BCUT2D eigenvalue weighted by molar-refractivity contribution is -0.117. The van der Waals surface area contributed by atoms with Crippen LogP contribution >= 0.6 is 0 Å². The molecule has 19 heavy (non-hydrogen) atoms. The van der Waals surface area contributed by atoms with Crippen LogP contribution in [-0.2, 0) is 4.79 Å². The minimum Gasteiger partial charge on any atom is -0.391 e. The van der Waals surface area contributed by atoms with E-state index in [1.54, 1.807) is 6.20 Å². The third-order valence-corrected chi connectivity index (χ3v) is 3.97. The first-order valence-electron chi connectivity index (χ1n) is 6.83. The van der Waals surface area contributed by atoms with Gasteiger partial charge in [0.2, 0.25) is 5.91 Å². The second-order valence-electron chi connectivity index (χ2n) is 5.77. The van der Waals surface area contributed by atoms with Gasteiger partial charge in [-0.05, 0) is 19.9 Å². The fourth-order valence-electron chi connectivity index (χ4n) is 2.78. The van der Waals surface area contributed by atoms with E-state index in [4.69, 9.17) is 0 Å². The van der Waals surface area contributed by atoms with Gasteiger partial charge in [-0.3, -0.25) is 9.89 Å². The van der Waals surface area contributed by atoms with Crippen LogP contribution in [0.2, 0.25) is 0 Å². The highest BCUT2D eigenvalue weighted by Crippen LogP contribution is 2.42. The van der Waals surface area contributed by atoms with Crippen LogP contribution in [-0.4, -0.2) is 52.4 Å². The first kappa shape index (κ1) is 12.6. The van der Waals surface area contributed by atoms with E-state index in [2.05, 4.69) is 20.4 Å². The zero-order chi connectivity index (χ0) is 13.4. The van der Waals surface area contributed by atoms with Crippen LogP contribution in [0, 0.1) is 5.92 Å². The number of aliphatic hydroxyl groups is 1. The average Bonchev–Trinajstić information content (AvgIpc) is 3.01. The highest BCUT2D eigenvalue weighted by Gasteiger charge is 2.32. The van der Waals surface area contributed by atoms with Crippen molar-refractivity contribution in [3.8, 4) is 0 Å². The van der Waals surface area contributed by atoms with Crippen LogP contribution in [0.15, 0.2) is 6.20 Å². The Bertz CT molecular complexity index is 469. The number of aromatic amines is 1. The molecule has 1 aromatic rings. The van der Waals surface area contributed by atoms with Gasteiger partial charge in [-0.25, -0.2) is 0 Å². The van der Waals surface area contributed by atoms with Gasteiger partial charge in [0.15, 0.2) is 0 Å². The quantitative estimate of drug-likeness (QED) is 0.741. The van der Waals surface area contributed by atoms with Crippen molar-refractivity contribution >= 4 is 11.6 Å². The Morgan fingerprint density at radius 1 is 1.58 bits per heavy atom. The summed E-state index contributed by atoms with van der Waals surface area (Å²) in [5.74, 6) is 0.518. The minimum absolute atomic E-state index is 0.0290. The van der Waals surface area contributed by atoms with Crippen LogP contribution in [0.3, 0.4) is 0 Å². The summed E-state index contributed by atoms with van der Waals surface area (Å²) in [5, 5.41) is 19.7. The van der Waals surface area contributed by atoms with Crippen molar-refractivity contribution in [1.82, 2.24) is 15.1 Å². The van der Waals surface area contributed by atoms with E-state index >= 15 is 0 Å². The number of hydrogen-bond donors (Lipinski definition) is 3. The second kappa shape index (κ2) is 4.94. The monoisotopic (exact) mass is 264 g/mol. The van der Waals surface area contributed by atoms with E-state index < -0.39 is 6.10 Å². The standard InChI is InChI=1S/C13H20N4O2/c1-17-6-9(11(18)7-17)4-12(19)15-10-5-14-16-13(10)8-2-3-8/h5,8-9,11,18H,2-4,6-7H2,1H3,(H,14,16)(H,15,19)/t9-,11-/m1/s1. The summed E-state index contributed by atoms with van der Waals surface area (Å²) >= 11 is 0. The zero-order valence-electron chi connectivity index (χ0n) is 11.1. The van der Waals surface area contributed by atoms with E-state index in [1.807, 2.05) is 7.05 Å². The van der Waals surface area contributed by atoms with Crippen LogP contribution < -0.4 is 5.32 Å². The highest BCUT2D eigenvalue weighted by molar-refractivity contribution is 5.91. The molecule has 0 radical (unpaired) electrons. The summed E-state index contributed by atoms with van der Waals surface area (Å²) in [4.78, 5) is 14.1. The van der Waals surface area contributed by atoms with Crippen LogP contribution in [0.4, 0.5) is 5.69 Å². The Hall–Kier alpha value is -1.40. The van der Waals surface area contributed by atoms with Gasteiger partial charge in [0.1, 0.15) is 0 Å². The van der Waals surface area contributed by atoms with Gasteiger partial charge in [0.25, 0.3) is 0 Å². The first-order chi connectivity index (χ1) is 9.13. The van der Waals surface area contributed by atoms with Gasteiger partial charge in [0.05, 0.1) is 23.7 Å². The van der Waals surface area contributed by atoms with Crippen molar-refractivity contribution in [2.24, 2.45) is 5.92 Å². The smallest absolute Gasteiger partial charge is 0.224 e. The predicted octanol–water partition coefficient (Wildman–Crippen LogP) is 0.538. The molecule has 1 aromatic heterocycles. The van der Waals surface area contributed by atoms with E-state index in [0.717, 1.165) is 30.8 Å². The number of hydrogen-bond acceptors (Lipinski definition) is 4. The molecule has 3 rings (SSSR count). The third-order valence-electron chi connectivity index (χ3n) is 3.97. The van der Waals surface area contributed by atoms with Gasteiger partial charge in [-0.1, -0.05) is 0 Å². The molecule has 2 atom stereocenters. The van der Waals surface area contributed by atoms with Crippen molar-refractivity contribution in [3.63, 3.8) is 0 Å². The molecule has 0 unspecified atom stereocenters. The number of nitrogens with zero attached hydrogens (tertiary/aromatic N) is 2. The SMILES string of the molecule is CN1C[C@@H](CC(=O)Nc2cn[nH]c2C2CC2)[C@H](O)C1. The van der Waals surface area contributed by atoms with Gasteiger partial charge in [-0.15, -0.1) is 0 Å². The fraction of sp³-hybridized carbons (Fsp3) is 0.692. The number of carbonyl (C=O) groups excluding carboxylic acids is 1. The number of aromatic nitrogens is 2. The first-order valence-corrected chi connectivity index (χ1v) is 6.83. The normalized spacial score (nSPS) is 27.7. The Morgan fingerprint density at radius 3 is 3.00 bits per heavy atom. The van der Waals surface area contributed by atoms with E-state index in [0.29, 0.717) is 18.9 Å². The van der Waals surface area contributed by atoms with Crippen molar-refractivity contribution in [1.29, 1.82) is 0 Å². The average molecular weight is 264 g/mol. The maximum absolute atomic E-state index is 12.0. The molecule has 0 spiro atoms. The Labute approximate surface area is 112 Å². The van der Waals surface area contributed by atoms with Crippen molar-refractivity contribution in [2.45, 2.75) is 31.3 Å². The molecule has 1 aliphatic heterocycles. The molecule has 6 heteroatoms. The number of likely N-dealkylation sites (N-methyl/N-ethyl adjacent to an activating group) is 1. The molecule has 3 N–H and O–H groups in total. The topological polar surface area (TPSA) is 81.2 Å². The van der Waals surface area contributed by atoms with Crippen molar-refractivity contribution in [2.75, 3.05) is 25.5 Å². The maximum Gasteiger partial charge on any atom is 0.224 e. The summed E-state index contributed by atoms with van der Waals surface area (Å²) in [6.07, 6.45) is 3.96. The number of anilines is 1. The summed E-state index contributed by atoms with van der Waals surface area (Å²) in [7, 11) is 1.96. The number of amides is 1. The van der Waals surface area contributed by atoms with Crippen LogP contribution in [0.5, 0.6) is 0 Å². The van der Waals surface area contributed by atoms with Gasteiger partial charge in [-0.2, -0.15) is 5.10 Å². The number of nitrogens with one attached hydrogen (secondary N) is 2. The Morgan fingerprint density at radius 2 is 2.37 bits per heavy atom. The van der Waals surface area contributed by atoms with E-state index in [9.17, 15) is 9.90 Å². The molecule has 104 valence electrons. The Kier molecular flexibility index (Phi) is 3.28. The van der Waals surface area contributed by atoms with Crippen molar-refractivity contribution in [3.05, 3.63) is 11.9 Å². The lowest BCUT2D eigenvalue weighted by atomic mass is 10.0. The third kappa shape index (κ3) is 2.79. The molecule has 0 aromatic carbocycles. The highest BCUT2D eigenvalue weighted by atomic mass is 16.3. The lowest BCUT2D eigenvalue weighted by Gasteiger charge is -2.13. The molecule has 2 aliphatic rings. The summed E-state index contributed by atoms with van der Waals surface area (Å²) in [5.41, 5.74) is 1.84. The molecule has 2 fully saturated rings. The zero-order valence-corrected chi connectivity index (χ0v) is 11.1. The minimum atomic E-state index is -0.400. The van der Waals surface area contributed by atoms with Crippen LogP contribution in [0.25, 0.3) is 0 Å². The molecule has 1 aliphatic carbocycles. The number of aliphatic hydroxyl groups excluding tert-OH is 1. The fourth-order valence-corrected chi connectivity index (χ4v) is 2.78. The molecule has 1 saturated carbocycles. The summed E-state index contributed by atoms with van der Waals surface area (Å²) < 4.78 is 0. The van der Waals surface area contributed by atoms with Gasteiger partial charge < -0.3 is 15.3 Å². The number of β-amino-alcohol motifs (C(OH)–C–C–N with tert-alkyl or cyclic N) is 1. The molecular formula is C13H20N4O2. The molecule has 2 heterocycles. The molecule has 1 saturated heterocycles. The lowest BCUT2D eigenvalue weighted by Crippen LogP contribution is -2.24. The van der Waals surface area contributed by atoms with Gasteiger partial charge in [0, 0.05) is 31.3 Å². The number of H-pyrrole nitrogens is 1. The van der Waals surface area contributed by atoms with E-state index in [1.165, 1.54) is 0 Å². The Balaban J connectivity index is 1.57. The van der Waals surface area contributed by atoms with E-state index in [-0.39, 0.29) is 11.8 Å². The van der Waals surface area contributed by atoms with Gasteiger partial charge >= 0.3 is 0 Å². The number of carbonyl (C=O) groups is 1. The predicted molar refractivity (Wildman–Crippen MR) is 70.8 cm³/mol. The molecule has 1 amide bonds. The molecule has 0 bridgehead atoms. The number of rotatable bonds is 4. The molecular weight excluding hydrogens is 244 g/mol. The molecule has 6 nitrogen and oxygen atoms in total. The second-order valence-corrected chi connectivity index (χ2v) is 5.77.